The van der Waals surface area contributed by atoms with Crippen LogP contribution in [0.4, 0.5) is 0 Å². The van der Waals surface area contributed by atoms with E-state index in [2.05, 4.69) is 103 Å². The summed E-state index contributed by atoms with van der Waals surface area (Å²) < 4.78 is 2.55. The van der Waals surface area contributed by atoms with E-state index in [1.807, 2.05) is 0 Å². The number of aromatic nitrogens is 1. The van der Waals surface area contributed by atoms with Crippen LogP contribution >= 0.6 is 0 Å². The van der Waals surface area contributed by atoms with Crippen molar-refractivity contribution >= 4 is 39.8 Å². The maximum Gasteiger partial charge on any atom is 0.0540 e. The molecule has 1 fully saturated rings. The lowest BCUT2D eigenvalue weighted by Crippen LogP contribution is -2.33. The summed E-state index contributed by atoms with van der Waals surface area (Å²) in [7, 11) is 0. The molecular formula is C30H25N. The van der Waals surface area contributed by atoms with Gasteiger partial charge in [-0.3, -0.25) is 0 Å². The fourth-order valence-electron chi connectivity index (χ4n) is 5.75. The molecule has 3 aromatic carbocycles. The van der Waals surface area contributed by atoms with Crippen LogP contribution < -0.4 is 10.6 Å². The van der Waals surface area contributed by atoms with E-state index in [1.54, 1.807) is 0 Å². The van der Waals surface area contributed by atoms with Crippen molar-refractivity contribution in [1.29, 1.82) is 0 Å². The highest BCUT2D eigenvalue weighted by atomic mass is 15.0. The van der Waals surface area contributed by atoms with Gasteiger partial charge in [-0.1, -0.05) is 67.6 Å². The van der Waals surface area contributed by atoms with Gasteiger partial charge in [-0.25, -0.2) is 0 Å². The van der Waals surface area contributed by atoms with Gasteiger partial charge in [-0.2, -0.15) is 0 Å². The van der Waals surface area contributed by atoms with Crippen LogP contribution in [-0.2, 0) is 6.42 Å². The van der Waals surface area contributed by atoms with Crippen molar-refractivity contribution < 1.29 is 0 Å². The lowest BCUT2D eigenvalue weighted by molar-refractivity contribution is 0.742. The molecule has 4 aromatic rings. The topological polar surface area (TPSA) is 4.93 Å². The zero-order chi connectivity index (χ0) is 20.7. The average Bonchev–Trinajstić information content (AvgIpc) is 3.41. The Morgan fingerprint density at radius 1 is 0.968 bits per heavy atom. The number of allylic oxidation sites excluding steroid dienone is 3. The van der Waals surface area contributed by atoms with Gasteiger partial charge in [-0.05, 0) is 82.7 Å². The van der Waals surface area contributed by atoms with Crippen LogP contribution in [0.25, 0.3) is 45.5 Å². The van der Waals surface area contributed by atoms with E-state index in [9.17, 15) is 0 Å². The second-order valence-corrected chi connectivity index (χ2v) is 9.82. The van der Waals surface area contributed by atoms with Crippen molar-refractivity contribution in [2.75, 3.05) is 0 Å². The van der Waals surface area contributed by atoms with Crippen LogP contribution in [0.15, 0.2) is 72.3 Å². The minimum atomic E-state index is 0.327. The van der Waals surface area contributed by atoms with Gasteiger partial charge < -0.3 is 4.57 Å². The maximum atomic E-state index is 2.56. The molecule has 0 N–H and O–H groups in total. The number of hydrogen-bond donors (Lipinski definition) is 0. The number of fused-ring (bicyclic) bond motifs is 6. The molecule has 3 aliphatic rings. The quantitative estimate of drug-likeness (QED) is 0.351. The first-order valence-corrected chi connectivity index (χ1v) is 11.4. The minimum absolute atomic E-state index is 0.327. The normalized spacial score (nSPS) is 23.3. The first kappa shape index (κ1) is 17.4. The van der Waals surface area contributed by atoms with Gasteiger partial charge in [0.2, 0.25) is 0 Å². The molecule has 0 bridgehead atoms. The lowest BCUT2D eigenvalue weighted by atomic mass is 9.99. The molecule has 0 saturated heterocycles. The van der Waals surface area contributed by atoms with Crippen LogP contribution in [0.5, 0.6) is 0 Å². The Balaban J connectivity index is 1.64. The zero-order valence-electron chi connectivity index (χ0n) is 18.0. The smallest absolute Gasteiger partial charge is 0.0540 e. The van der Waals surface area contributed by atoms with E-state index in [1.165, 1.54) is 61.1 Å². The van der Waals surface area contributed by atoms with E-state index in [0.717, 1.165) is 6.42 Å². The molecule has 2 unspecified atom stereocenters. The lowest BCUT2D eigenvalue weighted by Gasteiger charge is -2.15. The summed E-state index contributed by atoms with van der Waals surface area (Å²) in [6.07, 6.45) is 14.4. The Kier molecular flexibility index (Phi) is 3.30. The third kappa shape index (κ3) is 2.44. The maximum absolute atomic E-state index is 2.56. The van der Waals surface area contributed by atoms with Crippen molar-refractivity contribution in [2.45, 2.75) is 26.7 Å². The molecule has 2 atom stereocenters. The van der Waals surface area contributed by atoms with Crippen molar-refractivity contribution in [3.8, 4) is 5.69 Å². The highest BCUT2D eigenvalue weighted by Gasteiger charge is 2.48. The Labute approximate surface area is 182 Å². The van der Waals surface area contributed by atoms with Crippen LogP contribution in [0.2, 0.25) is 0 Å². The van der Waals surface area contributed by atoms with Gasteiger partial charge in [0, 0.05) is 10.6 Å². The second-order valence-electron chi connectivity index (χ2n) is 9.82. The van der Waals surface area contributed by atoms with E-state index in [-0.39, 0.29) is 0 Å². The molecular weight excluding hydrogens is 374 g/mol. The Morgan fingerprint density at radius 2 is 1.77 bits per heavy atom. The molecule has 0 spiro atoms. The Morgan fingerprint density at radius 3 is 2.65 bits per heavy atom. The summed E-state index contributed by atoms with van der Waals surface area (Å²) in [6, 6.07) is 20.2. The van der Waals surface area contributed by atoms with Gasteiger partial charge in [0.25, 0.3) is 0 Å². The van der Waals surface area contributed by atoms with Gasteiger partial charge >= 0.3 is 0 Å². The third-order valence-corrected chi connectivity index (χ3v) is 7.60. The van der Waals surface area contributed by atoms with Gasteiger partial charge in [0.05, 0.1) is 16.7 Å². The molecule has 0 radical (unpaired) electrons. The van der Waals surface area contributed by atoms with E-state index in [4.69, 9.17) is 0 Å². The molecule has 0 aliphatic heterocycles. The predicted octanol–water partition coefficient (Wildman–Crippen LogP) is 5.90. The monoisotopic (exact) mass is 399 g/mol. The number of rotatable bonds is 1. The Hall–Kier alpha value is -3.32. The summed E-state index contributed by atoms with van der Waals surface area (Å²) in [5.41, 5.74) is 5.76. The standard InChI is InChI=1S/C30H25N/c1-19-7-5-11-24-26-16-23-17-30(23,2)18-29(26)31(28(24)13-19)27-12-6-10-22-14-20-8-3-4-9-21(20)15-25(22)27/h3-10,12-16,18,23H,11,17H2,1-2H3. The van der Waals surface area contributed by atoms with Crippen molar-refractivity contribution in [2.24, 2.45) is 11.3 Å². The minimum Gasteiger partial charge on any atom is -0.309 e. The molecule has 1 heteroatoms. The van der Waals surface area contributed by atoms with Crippen LogP contribution in [0, 0.1) is 11.3 Å². The molecule has 0 amide bonds. The fraction of sp³-hybridized carbons (Fsp3) is 0.200. The highest BCUT2D eigenvalue weighted by molar-refractivity contribution is 6.02. The van der Waals surface area contributed by atoms with Gasteiger partial charge in [-0.15, -0.1) is 0 Å². The van der Waals surface area contributed by atoms with Crippen molar-refractivity contribution in [3.05, 3.63) is 94.1 Å². The largest absolute Gasteiger partial charge is 0.309 e. The molecule has 1 nitrogen and oxygen atoms in total. The van der Waals surface area contributed by atoms with E-state index in [0.29, 0.717) is 11.3 Å². The number of benzene rings is 3. The molecule has 1 aromatic heterocycles. The predicted molar refractivity (Wildman–Crippen MR) is 132 cm³/mol. The highest BCUT2D eigenvalue weighted by Crippen LogP contribution is 2.55. The van der Waals surface area contributed by atoms with Gasteiger partial charge in [0.1, 0.15) is 0 Å². The van der Waals surface area contributed by atoms with Crippen LogP contribution in [0.1, 0.15) is 31.5 Å². The molecule has 7 rings (SSSR count). The number of hydrogen-bond acceptors (Lipinski definition) is 0. The first-order valence-electron chi connectivity index (χ1n) is 11.4. The SMILES string of the molecule is CC1=Cc2c(c3c(n2-c2cccc4cc5ccccc5cc24)=CC2(C)CC2C=3)CC=C1. The summed E-state index contributed by atoms with van der Waals surface area (Å²) in [4.78, 5) is 0. The average molecular weight is 400 g/mol. The fourth-order valence-corrected chi connectivity index (χ4v) is 5.75. The summed E-state index contributed by atoms with van der Waals surface area (Å²) in [5, 5.41) is 8.07. The molecule has 150 valence electrons. The summed E-state index contributed by atoms with van der Waals surface area (Å²) >= 11 is 0. The van der Waals surface area contributed by atoms with Gasteiger partial charge in [0.15, 0.2) is 0 Å². The molecule has 31 heavy (non-hydrogen) atoms. The molecule has 1 heterocycles. The zero-order valence-corrected chi connectivity index (χ0v) is 18.0. The summed E-state index contributed by atoms with van der Waals surface area (Å²) in [5.74, 6) is 0.703. The number of nitrogens with zero attached hydrogens (tertiary/aromatic N) is 1. The molecule has 3 aliphatic carbocycles. The van der Waals surface area contributed by atoms with E-state index < -0.39 is 0 Å². The van der Waals surface area contributed by atoms with Crippen molar-refractivity contribution in [3.63, 3.8) is 0 Å². The summed E-state index contributed by atoms with van der Waals surface area (Å²) in [6.45, 7) is 4.63. The Bertz CT molecular complexity index is 1610. The third-order valence-electron chi connectivity index (χ3n) is 7.60. The van der Waals surface area contributed by atoms with Crippen LogP contribution in [-0.4, -0.2) is 4.57 Å². The van der Waals surface area contributed by atoms with Crippen molar-refractivity contribution in [1.82, 2.24) is 4.57 Å². The van der Waals surface area contributed by atoms with Crippen LogP contribution in [0.3, 0.4) is 0 Å². The molecule has 1 saturated carbocycles. The van der Waals surface area contributed by atoms with E-state index >= 15 is 0 Å². The second kappa shape index (κ2) is 5.88. The first-order chi connectivity index (χ1) is 15.1.